The van der Waals surface area contributed by atoms with Crippen molar-refractivity contribution in [3.05, 3.63) is 103 Å². The number of carbonyl (C=O) groups is 1. The zero-order valence-corrected chi connectivity index (χ0v) is 20.6. The topological polar surface area (TPSA) is 44.4 Å². The van der Waals surface area contributed by atoms with Gasteiger partial charge in [0.1, 0.15) is 0 Å². The molecule has 1 heterocycles. The van der Waals surface area contributed by atoms with Crippen LogP contribution in [0, 0.1) is 0 Å². The molecule has 0 unspecified atom stereocenters. The average Bonchev–Trinajstić information content (AvgIpc) is 2.87. The van der Waals surface area contributed by atoms with Crippen molar-refractivity contribution in [3.63, 3.8) is 0 Å². The number of thioether (sulfide) groups is 1. The van der Waals surface area contributed by atoms with E-state index in [-0.39, 0.29) is 5.91 Å². The molecule has 1 aliphatic heterocycles. The van der Waals surface area contributed by atoms with Crippen LogP contribution in [0.2, 0.25) is 0 Å². The van der Waals surface area contributed by atoms with Crippen LogP contribution >= 0.6 is 35.7 Å². The van der Waals surface area contributed by atoms with Crippen molar-refractivity contribution in [1.82, 2.24) is 0 Å². The maximum Gasteiger partial charge on any atom is 0.241 e. The Morgan fingerprint density at radius 3 is 1.88 bits per heavy atom. The van der Waals surface area contributed by atoms with Crippen LogP contribution < -0.4 is 15.5 Å². The van der Waals surface area contributed by atoms with E-state index in [9.17, 15) is 4.79 Å². The third kappa shape index (κ3) is 5.12. The molecular weight excluding hydrogens is 479 g/mol. The van der Waals surface area contributed by atoms with E-state index in [1.54, 1.807) is 11.8 Å². The number of rotatable bonds is 5. The first-order valence-corrected chi connectivity index (χ1v) is 12.9. The van der Waals surface area contributed by atoms with Crippen molar-refractivity contribution in [2.45, 2.75) is 14.7 Å². The zero-order valence-electron chi connectivity index (χ0n) is 18.1. The third-order valence-corrected chi connectivity index (χ3v) is 7.52. The highest BCUT2D eigenvalue weighted by atomic mass is 32.2. The minimum Gasteiger partial charge on any atom is -0.332 e. The smallest absolute Gasteiger partial charge is 0.241 e. The van der Waals surface area contributed by atoms with Gasteiger partial charge in [0.2, 0.25) is 5.91 Å². The summed E-state index contributed by atoms with van der Waals surface area (Å²) < 4.78 is 0. The summed E-state index contributed by atoms with van der Waals surface area (Å²) in [6.45, 7) is 0. The van der Waals surface area contributed by atoms with Gasteiger partial charge in [-0.05, 0) is 72.9 Å². The molecule has 34 heavy (non-hydrogen) atoms. The summed E-state index contributed by atoms with van der Waals surface area (Å²) in [4.78, 5) is 18.4. The first-order chi connectivity index (χ1) is 16.7. The molecule has 5 rings (SSSR count). The van der Waals surface area contributed by atoms with E-state index in [4.69, 9.17) is 12.2 Å². The lowest BCUT2D eigenvalue weighted by atomic mass is 10.2. The number of hydrogen-bond donors (Lipinski definition) is 2. The lowest BCUT2D eigenvalue weighted by molar-refractivity contribution is -0.115. The maximum absolute atomic E-state index is 13.3. The van der Waals surface area contributed by atoms with Gasteiger partial charge in [-0.2, -0.15) is 0 Å². The molecule has 0 spiro atoms. The molecule has 0 saturated heterocycles. The maximum atomic E-state index is 13.3. The van der Waals surface area contributed by atoms with Gasteiger partial charge in [0.05, 0.1) is 17.1 Å². The molecule has 0 radical (unpaired) electrons. The molecule has 0 aliphatic carbocycles. The summed E-state index contributed by atoms with van der Waals surface area (Å²) in [5.41, 5.74) is 3.71. The molecule has 7 heteroatoms. The second-order valence-corrected chi connectivity index (χ2v) is 10.1. The Kier molecular flexibility index (Phi) is 6.85. The normalized spacial score (nSPS) is 11.8. The highest BCUT2D eigenvalue weighted by molar-refractivity contribution is 8.00. The van der Waals surface area contributed by atoms with E-state index >= 15 is 0 Å². The summed E-state index contributed by atoms with van der Waals surface area (Å²) in [7, 11) is 0. The van der Waals surface area contributed by atoms with Crippen LogP contribution in [0.15, 0.2) is 118 Å². The van der Waals surface area contributed by atoms with Gasteiger partial charge in [-0.25, -0.2) is 0 Å². The number of nitrogens with zero attached hydrogens (tertiary/aromatic N) is 1. The van der Waals surface area contributed by atoms with Gasteiger partial charge in [-0.1, -0.05) is 54.2 Å². The Balaban J connectivity index is 1.23. The first-order valence-electron chi connectivity index (χ1n) is 10.7. The molecule has 4 aromatic carbocycles. The molecule has 2 N–H and O–H groups in total. The number of fused-ring (bicyclic) bond motifs is 2. The molecule has 1 amide bonds. The largest absolute Gasteiger partial charge is 0.332 e. The van der Waals surface area contributed by atoms with Crippen molar-refractivity contribution in [2.24, 2.45) is 0 Å². The van der Waals surface area contributed by atoms with Gasteiger partial charge in [-0.15, -0.1) is 11.8 Å². The van der Waals surface area contributed by atoms with Crippen molar-refractivity contribution in [3.8, 4) is 0 Å². The fraction of sp³-hybridized carbons (Fsp3) is 0.0370. The lowest BCUT2D eigenvalue weighted by Crippen LogP contribution is -2.29. The first kappa shape index (κ1) is 22.5. The Hall–Kier alpha value is -3.26. The highest BCUT2D eigenvalue weighted by Gasteiger charge is 2.27. The molecular formula is C27H21N3OS3. The molecule has 4 aromatic rings. The number of benzene rings is 4. The second-order valence-electron chi connectivity index (χ2n) is 7.52. The molecule has 0 aromatic heterocycles. The van der Waals surface area contributed by atoms with Gasteiger partial charge in [-0.3, -0.25) is 9.69 Å². The van der Waals surface area contributed by atoms with Crippen LogP contribution in [0.5, 0.6) is 0 Å². The van der Waals surface area contributed by atoms with E-state index < -0.39 is 0 Å². The van der Waals surface area contributed by atoms with Crippen molar-refractivity contribution in [2.75, 3.05) is 21.3 Å². The minimum atomic E-state index is 0.0561. The van der Waals surface area contributed by atoms with E-state index in [1.807, 2.05) is 95.9 Å². The van der Waals surface area contributed by atoms with Gasteiger partial charge in [0, 0.05) is 26.1 Å². The molecule has 0 bridgehead atoms. The zero-order chi connectivity index (χ0) is 23.3. The average molecular weight is 500 g/mol. The fourth-order valence-corrected chi connectivity index (χ4v) is 5.67. The molecule has 1 aliphatic rings. The van der Waals surface area contributed by atoms with Crippen LogP contribution in [-0.4, -0.2) is 16.8 Å². The Morgan fingerprint density at radius 1 is 0.735 bits per heavy atom. The molecule has 4 nitrogen and oxygen atoms in total. The van der Waals surface area contributed by atoms with Crippen LogP contribution in [-0.2, 0) is 4.79 Å². The Morgan fingerprint density at radius 2 is 1.26 bits per heavy atom. The number of anilines is 4. The van der Waals surface area contributed by atoms with Crippen molar-refractivity contribution < 1.29 is 4.79 Å². The molecule has 168 valence electrons. The quantitative estimate of drug-likeness (QED) is 0.220. The standard InChI is InChI=1S/C27H21N3OS3/c31-26(30-22-10-4-6-12-24(22)34-25-13-7-5-11-23(25)30)18-33-21-16-14-20(15-17-21)29-27(32)28-19-8-2-1-3-9-19/h1-17H,18H2,(H2,28,29,32). The van der Waals surface area contributed by atoms with Crippen molar-refractivity contribution in [1.29, 1.82) is 0 Å². The molecule has 0 saturated carbocycles. The van der Waals surface area contributed by atoms with E-state index in [1.165, 1.54) is 11.8 Å². The summed E-state index contributed by atoms with van der Waals surface area (Å²) in [5, 5.41) is 6.88. The van der Waals surface area contributed by atoms with Crippen LogP contribution in [0.4, 0.5) is 22.7 Å². The fourth-order valence-electron chi connectivity index (χ4n) is 3.63. The highest BCUT2D eigenvalue weighted by Crippen LogP contribution is 2.48. The van der Waals surface area contributed by atoms with Crippen LogP contribution in [0.3, 0.4) is 0 Å². The number of para-hydroxylation sites is 3. The van der Waals surface area contributed by atoms with Gasteiger partial charge < -0.3 is 10.6 Å². The molecule has 0 fully saturated rings. The third-order valence-electron chi connectivity index (χ3n) is 5.19. The summed E-state index contributed by atoms with van der Waals surface area (Å²) in [6, 6.07) is 33.8. The number of nitrogens with one attached hydrogen (secondary N) is 2. The Bertz CT molecular complexity index is 1280. The number of carbonyl (C=O) groups excluding carboxylic acids is 1. The number of thiocarbonyl (C=S) groups is 1. The lowest BCUT2D eigenvalue weighted by Gasteiger charge is -2.31. The van der Waals surface area contributed by atoms with E-state index in [0.29, 0.717) is 10.9 Å². The second kappa shape index (κ2) is 10.3. The van der Waals surface area contributed by atoms with Gasteiger partial charge in [0.25, 0.3) is 0 Å². The predicted molar refractivity (Wildman–Crippen MR) is 148 cm³/mol. The monoisotopic (exact) mass is 499 g/mol. The molecule has 0 atom stereocenters. The van der Waals surface area contributed by atoms with Crippen LogP contribution in [0.25, 0.3) is 0 Å². The van der Waals surface area contributed by atoms with E-state index in [0.717, 1.165) is 37.4 Å². The minimum absolute atomic E-state index is 0.0561. The van der Waals surface area contributed by atoms with Crippen molar-refractivity contribution >= 4 is 69.5 Å². The SMILES string of the molecule is O=C(CSc1ccc(NC(=S)Nc2ccccc2)cc1)N1c2ccccc2Sc2ccccc21. The summed E-state index contributed by atoms with van der Waals surface area (Å²) >= 11 is 8.62. The van der Waals surface area contributed by atoms with Gasteiger partial charge >= 0.3 is 0 Å². The predicted octanol–water partition coefficient (Wildman–Crippen LogP) is 7.42. The van der Waals surface area contributed by atoms with Gasteiger partial charge in [0.15, 0.2) is 5.11 Å². The number of amides is 1. The van der Waals surface area contributed by atoms with E-state index in [2.05, 4.69) is 22.8 Å². The number of hydrogen-bond acceptors (Lipinski definition) is 4. The van der Waals surface area contributed by atoms with Crippen LogP contribution in [0.1, 0.15) is 0 Å². The summed E-state index contributed by atoms with van der Waals surface area (Å²) in [6.07, 6.45) is 0. The Labute approximate surface area is 212 Å². The summed E-state index contributed by atoms with van der Waals surface area (Å²) in [5.74, 6) is 0.398.